The van der Waals surface area contributed by atoms with E-state index in [4.69, 9.17) is 0 Å². The topological polar surface area (TPSA) is 88.9 Å². The van der Waals surface area contributed by atoms with Gasteiger partial charge in [0, 0.05) is 22.3 Å². The minimum absolute atomic E-state index is 0.121. The predicted molar refractivity (Wildman–Crippen MR) is 126 cm³/mol. The summed E-state index contributed by atoms with van der Waals surface area (Å²) in [6, 6.07) is 14.4. The summed E-state index contributed by atoms with van der Waals surface area (Å²) in [5, 5.41) is 15.0. The molecule has 0 saturated carbocycles. The second-order valence-corrected chi connectivity index (χ2v) is 8.74. The molecule has 0 spiro atoms. The van der Waals surface area contributed by atoms with Gasteiger partial charge in [0.2, 0.25) is 5.91 Å². The number of hydrogen-bond acceptors (Lipinski definition) is 5. The van der Waals surface area contributed by atoms with Crippen LogP contribution in [0.5, 0.6) is 0 Å². The Labute approximate surface area is 194 Å². The number of amides is 2. The van der Waals surface area contributed by atoms with Crippen molar-refractivity contribution in [2.45, 2.75) is 38.5 Å². The molecule has 0 aliphatic carbocycles. The number of carbonyl (C=O) groups excluding carboxylic acids is 2. The van der Waals surface area contributed by atoms with Crippen molar-refractivity contribution in [2.24, 2.45) is 0 Å². The number of thioether (sulfide) groups is 1. The molecule has 1 aromatic heterocycles. The fraction of sp³-hybridized carbons (Fsp3) is 0.273. The first-order valence-corrected chi connectivity index (χ1v) is 11.6. The maximum Gasteiger partial charge on any atom is 0.251 e. The number of nitrogens with one attached hydrogen (secondary N) is 2. The average molecular weight is 502 g/mol. The van der Waals surface area contributed by atoms with E-state index in [1.165, 1.54) is 11.8 Å². The van der Waals surface area contributed by atoms with E-state index in [1.54, 1.807) is 12.1 Å². The molecule has 0 radical (unpaired) electrons. The first kappa shape index (κ1) is 23.0. The Hall–Kier alpha value is -2.65. The highest BCUT2D eigenvalue weighted by molar-refractivity contribution is 9.10. The molecule has 3 rings (SSSR count). The molecule has 0 bridgehead atoms. The SMILES string of the molecule is CCn1c(SCC(=O)Nc2ccc(Br)c(C)c2)nnc1[C@@H](C)NC(=O)c1ccccc1. The van der Waals surface area contributed by atoms with E-state index >= 15 is 0 Å². The first-order valence-electron chi connectivity index (χ1n) is 9.86. The molecular formula is C22H24BrN5O2S. The normalized spacial score (nSPS) is 11.7. The van der Waals surface area contributed by atoms with Crippen LogP contribution in [-0.4, -0.2) is 32.3 Å². The van der Waals surface area contributed by atoms with Crippen LogP contribution >= 0.6 is 27.7 Å². The number of anilines is 1. The summed E-state index contributed by atoms with van der Waals surface area (Å²) in [7, 11) is 0. The Kier molecular flexibility index (Phi) is 7.86. The first-order chi connectivity index (χ1) is 14.9. The smallest absolute Gasteiger partial charge is 0.251 e. The van der Waals surface area contributed by atoms with Gasteiger partial charge in [0.15, 0.2) is 11.0 Å². The van der Waals surface area contributed by atoms with Crippen LogP contribution in [0.15, 0.2) is 58.2 Å². The van der Waals surface area contributed by atoms with Gasteiger partial charge in [-0.15, -0.1) is 10.2 Å². The Morgan fingerprint density at radius 1 is 1.16 bits per heavy atom. The molecule has 0 saturated heterocycles. The molecule has 162 valence electrons. The molecule has 1 atom stereocenters. The van der Waals surface area contributed by atoms with Crippen LogP contribution in [0, 0.1) is 6.92 Å². The van der Waals surface area contributed by atoms with E-state index in [2.05, 4.69) is 36.8 Å². The number of rotatable bonds is 8. The van der Waals surface area contributed by atoms with Crippen LogP contribution in [0.3, 0.4) is 0 Å². The van der Waals surface area contributed by atoms with Crippen molar-refractivity contribution >= 4 is 45.2 Å². The molecule has 0 fully saturated rings. The Balaban J connectivity index is 1.62. The van der Waals surface area contributed by atoms with Gasteiger partial charge in [0.25, 0.3) is 5.91 Å². The molecule has 0 aliphatic rings. The third-order valence-corrected chi connectivity index (χ3v) is 6.46. The molecule has 0 unspecified atom stereocenters. The molecule has 1 heterocycles. The minimum Gasteiger partial charge on any atom is -0.342 e. The maximum atomic E-state index is 12.4. The molecular weight excluding hydrogens is 478 g/mol. The zero-order valence-corrected chi connectivity index (χ0v) is 20.0. The highest BCUT2D eigenvalue weighted by Crippen LogP contribution is 2.23. The summed E-state index contributed by atoms with van der Waals surface area (Å²) >= 11 is 4.77. The van der Waals surface area contributed by atoms with Crippen LogP contribution in [-0.2, 0) is 11.3 Å². The molecule has 2 N–H and O–H groups in total. The summed E-state index contributed by atoms with van der Waals surface area (Å²) < 4.78 is 2.91. The molecule has 2 aromatic carbocycles. The number of aromatic nitrogens is 3. The van der Waals surface area contributed by atoms with E-state index in [1.807, 2.05) is 61.7 Å². The molecule has 0 aliphatic heterocycles. The van der Waals surface area contributed by atoms with Gasteiger partial charge in [-0.05, 0) is 56.7 Å². The van der Waals surface area contributed by atoms with Gasteiger partial charge in [0.05, 0.1) is 11.8 Å². The van der Waals surface area contributed by atoms with E-state index < -0.39 is 0 Å². The van der Waals surface area contributed by atoms with Crippen LogP contribution in [0.4, 0.5) is 5.69 Å². The van der Waals surface area contributed by atoms with Gasteiger partial charge in [-0.2, -0.15) is 0 Å². The molecule has 31 heavy (non-hydrogen) atoms. The third kappa shape index (κ3) is 5.95. The van der Waals surface area contributed by atoms with Crippen molar-refractivity contribution in [3.8, 4) is 0 Å². The standard InChI is InChI=1S/C22H24BrN5O2S/c1-4-28-20(15(3)24-21(30)16-8-6-5-7-9-16)26-27-22(28)31-13-19(29)25-17-10-11-18(23)14(2)12-17/h5-12,15H,4,13H2,1-3H3,(H,24,30)(H,25,29)/t15-/m1/s1. The van der Waals surface area contributed by atoms with Crippen molar-refractivity contribution in [1.29, 1.82) is 0 Å². The number of aryl methyl sites for hydroxylation is 1. The van der Waals surface area contributed by atoms with Crippen LogP contribution in [0.1, 0.15) is 41.6 Å². The van der Waals surface area contributed by atoms with E-state index in [0.29, 0.717) is 23.1 Å². The highest BCUT2D eigenvalue weighted by Gasteiger charge is 2.20. The van der Waals surface area contributed by atoms with Gasteiger partial charge in [0.1, 0.15) is 0 Å². The lowest BCUT2D eigenvalue weighted by Gasteiger charge is -2.15. The zero-order chi connectivity index (χ0) is 22.4. The lowest BCUT2D eigenvalue weighted by molar-refractivity contribution is -0.113. The average Bonchev–Trinajstić information content (AvgIpc) is 3.18. The summed E-state index contributed by atoms with van der Waals surface area (Å²) in [6.07, 6.45) is 0. The lowest BCUT2D eigenvalue weighted by Crippen LogP contribution is -2.28. The van der Waals surface area contributed by atoms with Gasteiger partial charge < -0.3 is 15.2 Å². The van der Waals surface area contributed by atoms with Crippen molar-refractivity contribution in [3.05, 3.63) is 70.0 Å². The van der Waals surface area contributed by atoms with E-state index in [0.717, 1.165) is 15.7 Å². The Morgan fingerprint density at radius 2 is 1.90 bits per heavy atom. The Bertz CT molecular complexity index is 1070. The molecule has 2 amide bonds. The van der Waals surface area contributed by atoms with Crippen LogP contribution < -0.4 is 10.6 Å². The summed E-state index contributed by atoms with van der Waals surface area (Å²) in [5.74, 6) is 0.567. The largest absolute Gasteiger partial charge is 0.342 e. The quantitative estimate of drug-likeness (QED) is 0.440. The zero-order valence-electron chi connectivity index (χ0n) is 17.6. The molecule has 9 heteroatoms. The van der Waals surface area contributed by atoms with Gasteiger partial charge in [-0.3, -0.25) is 9.59 Å². The molecule has 3 aromatic rings. The monoisotopic (exact) mass is 501 g/mol. The van der Waals surface area contributed by atoms with Crippen molar-refractivity contribution < 1.29 is 9.59 Å². The fourth-order valence-electron chi connectivity index (χ4n) is 3.01. The van der Waals surface area contributed by atoms with Gasteiger partial charge in [-0.25, -0.2) is 0 Å². The van der Waals surface area contributed by atoms with Crippen molar-refractivity contribution in [3.63, 3.8) is 0 Å². The van der Waals surface area contributed by atoms with E-state index in [-0.39, 0.29) is 23.6 Å². The lowest BCUT2D eigenvalue weighted by atomic mass is 10.2. The minimum atomic E-state index is -0.325. The van der Waals surface area contributed by atoms with Crippen molar-refractivity contribution in [1.82, 2.24) is 20.1 Å². The van der Waals surface area contributed by atoms with Gasteiger partial charge >= 0.3 is 0 Å². The van der Waals surface area contributed by atoms with Crippen molar-refractivity contribution in [2.75, 3.05) is 11.1 Å². The van der Waals surface area contributed by atoms with Gasteiger partial charge in [-0.1, -0.05) is 45.9 Å². The van der Waals surface area contributed by atoms with E-state index in [9.17, 15) is 9.59 Å². The number of halogens is 1. The highest BCUT2D eigenvalue weighted by atomic mass is 79.9. The summed E-state index contributed by atoms with van der Waals surface area (Å²) in [6.45, 7) is 6.45. The van der Waals surface area contributed by atoms with Crippen LogP contribution in [0.2, 0.25) is 0 Å². The summed E-state index contributed by atoms with van der Waals surface area (Å²) in [4.78, 5) is 24.8. The predicted octanol–water partition coefficient (Wildman–Crippen LogP) is 4.59. The maximum absolute atomic E-state index is 12.4. The second-order valence-electron chi connectivity index (χ2n) is 6.95. The number of hydrogen-bond donors (Lipinski definition) is 2. The summed E-state index contributed by atoms with van der Waals surface area (Å²) in [5.41, 5.74) is 2.39. The molecule has 7 nitrogen and oxygen atoms in total. The van der Waals surface area contributed by atoms with Crippen LogP contribution in [0.25, 0.3) is 0 Å². The number of nitrogens with zero attached hydrogens (tertiary/aromatic N) is 3. The second kappa shape index (κ2) is 10.6. The fourth-order valence-corrected chi connectivity index (χ4v) is 4.06. The number of benzene rings is 2. The Morgan fingerprint density at radius 3 is 2.58 bits per heavy atom. The number of carbonyl (C=O) groups is 2. The third-order valence-electron chi connectivity index (χ3n) is 4.61.